The number of alkyl carbamates (subject to hydrolysis) is 1. The lowest BCUT2D eigenvalue weighted by molar-refractivity contribution is -0.272. The molecule has 0 aromatic heterocycles. The molecule has 7 heteroatoms. The number of hydrogen-bond acceptors (Lipinski definition) is 6. The van der Waals surface area contributed by atoms with Crippen LogP contribution in [0.15, 0.2) is 66.7 Å². The van der Waals surface area contributed by atoms with Crippen LogP contribution >= 0.6 is 0 Å². The Morgan fingerprint density at radius 1 is 0.950 bits per heavy atom. The first-order chi connectivity index (χ1) is 19.0. The van der Waals surface area contributed by atoms with Crippen molar-refractivity contribution in [2.45, 2.75) is 77.1 Å². The third kappa shape index (κ3) is 7.14. The van der Waals surface area contributed by atoms with E-state index in [4.69, 9.17) is 23.7 Å². The van der Waals surface area contributed by atoms with E-state index < -0.39 is 23.0 Å². The Morgan fingerprint density at radius 3 is 2.33 bits per heavy atom. The lowest BCUT2D eigenvalue weighted by Crippen LogP contribution is -2.59. The third-order valence-electron chi connectivity index (χ3n) is 7.40. The van der Waals surface area contributed by atoms with Gasteiger partial charge in [0.05, 0.1) is 32.5 Å². The zero-order valence-electron chi connectivity index (χ0n) is 24.2. The van der Waals surface area contributed by atoms with Crippen molar-refractivity contribution in [3.8, 4) is 5.75 Å². The Bertz CT molecular complexity index is 1300. The summed E-state index contributed by atoms with van der Waals surface area (Å²) in [6.45, 7) is 11.2. The highest BCUT2D eigenvalue weighted by Gasteiger charge is 2.43. The molecular formula is C33H41NO6. The zero-order chi connectivity index (χ0) is 28.4. The van der Waals surface area contributed by atoms with Crippen molar-refractivity contribution in [3.05, 3.63) is 77.9 Å². The number of rotatable bonds is 8. The maximum atomic E-state index is 12.8. The Kier molecular flexibility index (Phi) is 8.09. The van der Waals surface area contributed by atoms with Gasteiger partial charge in [0.15, 0.2) is 5.79 Å². The predicted octanol–water partition coefficient (Wildman–Crippen LogP) is 6.72. The van der Waals surface area contributed by atoms with Crippen LogP contribution in [0.5, 0.6) is 5.75 Å². The Balaban J connectivity index is 1.21. The molecule has 3 aromatic rings. The van der Waals surface area contributed by atoms with E-state index in [9.17, 15) is 4.79 Å². The Hall–Kier alpha value is -3.13. The second-order valence-electron chi connectivity index (χ2n) is 12.5. The van der Waals surface area contributed by atoms with Crippen LogP contribution in [0, 0.1) is 5.92 Å². The zero-order valence-corrected chi connectivity index (χ0v) is 24.2. The number of carbonyl (C=O) groups is 1. The maximum absolute atomic E-state index is 12.8. The van der Waals surface area contributed by atoms with Crippen LogP contribution in [0.3, 0.4) is 0 Å². The number of nitrogens with one attached hydrogen (secondary N) is 1. The molecule has 1 saturated heterocycles. The van der Waals surface area contributed by atoms with Crippen molar-refractivity contribution < 1.29 is 28.5 Å². The first-order valence-corrected chi connectivity index (χ1v) is 14.1. The SMILES string of the molecule is CC(C)(C)OC(=O)NC1(c2ccc3cc(O[C@H]4C[C@H](COCc5ccccc5)C4)ccc3c2)COC(C)(C)OC1. The fourth-order valence-corrected chi connectivity index (χ4v) is 5.10. The minimum absolute atomic E-state index is 0.211. The molecule has 214 valence electrons. The molecule has 1 N–H and O–H groups in total. The van der Waals surface area contributed by atoms with Gasteiger partial charge in [-0.15, -0.1) is 0 Å². The van der Waals surface area contributed by atoms with Crippen LogP contribution in [-0.4, -0.2) is 43.4 Å². The lowest BCUT2D eigenvalue weighted by Gasteiger charge is -2.44. The van der Waals surface area contributed by atoms with Crippen molar-refractivity contribution in [2.75, 3.05) is 19.8 Å². The van der Waals surface area contributed by atoms with Crippen molar-refractivity contribution in [1.29, 1.82) is 0 Å². The molecule has 1 amide bonds. The van der Waals surface area contributed by atoms with Crippen LogP contribution in [-0.2, 0) is 31.1 Å². The summed E-state index contributed by atoms with van der Waals surface area (Å²) in [5, 5.41) is 5.15. The van der Waals surface area contributed by atoms with E-state index in [0.717, 1.165) is 41.5 Å². The van der Waals surface area contributed by atoms with Gasteiger partial charge in [-0.25, -0.2) is 4.79 Å². The van der Waals surface area contributed by atoms with Crippen molar-refractivity contribution in [2.24, 2.45) is 5.92 Å². The van der Waals surface area contributed by atoms with E-state index in [0.29, 0.717) is 12.5 Å². The van der Waals surface area contributed by atoms with E-state index in [2.05, 4.69) is 41.7 Å². The average molecular weight is 548 g/mol. The number of ether oxygens (including phenoxy) is 5. The minimum atomic E-state index is -0.870. The number of fused-ring (bicyclic) bond motifs is 1. The van der Waals surface area contributed by atoms with Gasteiger partial charge in [0.1, 0.15) is 16.9 Å². The third-order valence-corrected chi connectivity index (χ3v) is 7.40. The maximum Gasteiger partial charge on any atom is 0.408 e. The standard InChI is InChI=1S/C33H41NO6/c1-31(2,3)40-30(35)34-33(21-37-32(4,5)38-22-33)27-13-11-26-18-28(14-12-25(26)17-27)39-29-15-24(16-29)20-36-19-23-9-7-6-8-10-23/h6-14,17-18,24,29H,15-16,19-22H2,1-5H3,(H,34,35)/t24-,29-. The number of carbonyl (C=O) groups excluding carboxylic acids is 1. The molecule has 1 aliphatic heterocycles. The van der Waals surface area contributed by atoms with Crippen LogP contribution < -0.4 is 10.1 Å². The molecule has 40 heavy (non-hydrogen) atoms. The van der Waals surface area contributed by atoms with Crippen LogP contribution in [0.25, 0.3) is 10.8 Å². The molecule has 1 aliphatic carbocycles. The van der Waals surface area contributed by atoms with Gasteiger partial charge in [0.2, 0.25) is 0 Å². The van der Waals surface area contributed by atoms with Gasteiger partial charge in [-0.2, -0.15) is 0 Å². The molecule has 0 unspecified atom stereocenters. The largest absolute Gasteiger partial charge is 0.490 e. The van der Waals surface area contributed by atoms with E-state index >= 15 is 0 Å². The smallest absolute Gasteiger partial charge is 0.408 e. The average Bonchev–Trinajstić information content (AvgIpc) is 2.88. The number of hydrogen-bond donors (Lipinski definition) is 1. The molecule has 2 aliphatic rings. The van der Waals surface area contributed by atoms with Gasteiger partial charge in [-0.3, -0.25) is 0 Å². The molecule has 0 atom stereocenters. The predicted molar refractivity (Wildman–Crippen MR) is 154 cm³/mol. The monoisotopic (exact) mass is 547 g/mol. The van der Waals surface area contributed by atoms with E-state index in [-0.39, 0.29) is 19.3 Å². The van der Waals surface area contributed by atoms with Crippen LogP contribution in [0.1, 0.15) is 58.6 Å². The number of amides is 1. The van der Waals surface area contributed by atoms with E-state index in [1.165, 1.54) is 5.56 Å². The van der Waals surface area contributed by atoms with Gasteiger partial charge in [0, 0.05) is 0 Å². The van der Waals surface area contributed by atoms with E-state index in [1.807, 2.05) is 65.0 Å². The summed E-state index contributed by atoms with van der Waals surface area (Å²) in [7, 11) is 0. The summed E-state index contributed by atoms with van der Waals surface area (Å²) in [5.74, 6) is 0.674. The quantitative estimate of drug-likeness (QED) is 0.338. The fraction of sp³-hybridized carbons (Fsp3) is 0.485. The Labute approximate surface area is 237 Å². The summed E-state index contributed by atoms with van der Waals surface area (Å²) in [4.78, 5) is 12.8. The van der Waals surface area contributed by atoms with E-state index in [1.54, 1.807) is 0 Å². The first kappa shape index (κ1) is 28.4. The highest BCUT2D eigenvalue weighted by Crippen LogP contribution is 2.36. The summed E-state index contributed by atoms with van der Waals surface area (Å²) in [6, 6.07) is 22.5. The van der Waals surface area contributed by atoms with Crippen molar-refractivity contribution >= 4 is 16.9 Å². The molecule has 0 radical (unpaired) electrons. The molecule has 0 spiro atoms. The van der Waals surface area contributed by atoms with Gasteiger partial charge >= 0.3 is 6.09 Å². The highest BCUT2D eigenvalue weighted by atomic mass is 16.7. The fourth-order valence-electron chi connectivity index (χ4n) is 5.10. The Morgan fingerprint density at radius 2 is 1.62 bits per heavy atom. The van der Waals surface area contributed by atoms with Gasteiger partial charge in [-0.1, -0.05) is 48.5 Å². The second-order valence-corrected chi connectivity index (χ2v) is 12.5. The molecule has 7 nitrogen and oxygen atoms in total. The molecule has 2 fully saturated rings. The van der Waals surface area contributed by atoms with Gasteiger partial charge in [0.25, 0.3) is 0 Å². The lowest BCUT2D eigenvalue weighted by atomic mass is 9.83. The molecular weight excluding hydrogens is 506 g/mol. The minimum Gasteiger partial charge on any atom is -0.490 e. The molecule has 3 aromatic carbocycles. The molecule has 1 saturated carbocycles. The summed E-state index contributed by atoms with van der Waals surface area (Å²) in [5.41, 5.74) is 0.612. The summed E-state index contributed by atoms with van der Waals surface area (Å²) in [6.07, 6.45) is 1.71. The highest BCUT2D eigenvalue weighted by molar-refractivity contribution is 5.85. The van der Waals surface area contributed by atoms with Crippen molar-refractivity contribution in [3.63, 3.8) is 0 Å². The summed E-state index contributed by atoms with van der Waals surface area (Å²) >= 11 is 0. The molecule has 0 bridgehead atoms. The van der Waals surface area contributed by atoms with Gasteiger partial charge < -0.3 is 29.0 Å². The van der Waals surface area contributed by atoms with Gasteiger partial charge in [-0.05, 0) is 93.5 Å². The topological polar surface area (TPSA) is 75.3 Å². The summed E-state index contributed by atoms with van der Waals surface area (Å²) < 4.78 is 29.7. The van der Waals surface area contributed by atoms with Crippen LogP contribution in [0.4, 0.5) is 4.79 Å². The second kappa shape index (κ2) is 11.4. The molecule has 1 heterocycles. The molecule has 5 rings (SSSR count). The number of benzene rings is 3. The van der Waals surface area contributed by atoms with Crippen LogP contribution in [0.2, 0.25) is 0 Å². The normalized spacial score (nSPS) is 21.8. The van der Waals surface area contributed by atoms with Crippen molar-refractivity contribution in [1.82, 2.24) is 5.32 Å². The first-order valence-electron chi connectivity index (χ1n) is 14.1.